The van der Waals surface area contributed by atoms with E-state index in [0.717, 1.165) is 36.3 Å². The third-order valence-corrected chi connectivity index (χ3v) is 4.76. The quantitative estimate of drug-likeness (QED) is 0.918. The summed E-state index contributed by atoms with van der Waals surface area (Å²) in [6.45, 7) is 10.0. The van der Waals surface area contributed by atoms with Crippen molar-refractivity contribution in [3.63, 3.8) is 0 Å². The number of nitrogens with zero attached hydrogens (tertiary/aromatic N) is 3. The molecule has 0 aliphatic carbocycles. The number of anilines is 2. The van der Waals surface area contributed by atoms with E-state index in [1.807, 2.05) is 4.90 Å². The second-order valence-corrected chi connectivity index (χ2v) is 7.19. The first kappa shape index (κ1) is 17.4. The summed E-state index contributed by atoms with van der Waals surface area (Å²) in [5.74, 6) is 1.20. The summed E-state index contributed by atoms with van der Waals surface area (Å²) in [5.41, 5.74) is 5.05. The predicted octanol–water partition coefficient (Wildman–Crippen LogP) is 4.02. The Bertz CT molecular complexity index is 764. The molecule has 1 aliphatic heterocycles. The van der Waals surface area contributed by atoms with E-state index in [-0.39, 0.29) is 5.91 Å². The van der Waals surface area contributed by atoms with Crippen LogP contribution >= 0.6 is 0 Å². The van der Waals surface area contributed by atoms with Crippen molar-refractivity contribution < 1.29 is 4.79 Å². The maximum absolute atomic E-state index is 12.7. The van der Waals surface area contributed by atoms with E-state index < -0.39 is 0 Å². The van der Waals surface area contributed by atoms with Crippen molar-refractivity contribution in [2.24, 2.45) is 5.92 Å². The molecule has 1 amide bonds. The molecule has 5 heteroatoms. The van der Waals surface area contributed by atoms with E-state index in [0.29, 0.717) is 17.4 Å². The number of piperidine rings is 1. The number of aryl methyl sites for hydroxylation is 3. The highest BCUT2D eigenvalue weighted by Gasteiger charge is 2.23. The lowest BCUT2D eigenvalue weighted by Gasteiger charge is -2.30. The lowest BCUT2D eigenvalue weighted by Crippen LogP contribution is -2.39. The molecule has 1 saturated heterocycles. The Labute approximate surface area is 149 Å². The van der Waals surface area contributed by atoms with Crippen LogP contribution in [-0.4, -0.2) is 33.9 Å². The van der Waals surface area contributed by atoms with E-state index in [1.165, 1.54) is 18.3 Å². The van der Waals surface area contributed by atoms with Crippen LogP contribution in [0.1, 0.15) is 46.9 Å². The first-order valence-electron chi connectivity index (χ1n) is 8.90. The van der Waals surface area contributed by atoms with Crippen LogP contribution in [0.5, 0.6) is 0 Å². The highest BCUT2D eigenvalue weighted by molar-refractivity contribution is 5.93. The highest BCUT2D eigenvalue weighted by Crippen LogP contribution is 2.25. The standard InChI is InChI=1S/C20H26N4O/c1-13-6-5-7-24(11-13)20(25)17-10-18(22-12-21-17)23-19-15(3)8-14(2)9-16(19)4/h8-10,12-13H,5-7,11H2,1-4H3,(H,21,22,23). The molecule has 132 valence electrons. The minimum Gasteiger partial charge on any atom is -0.340 e. The van der Waals surface area contributed by atoms with Crippen LogP contribution in [0, 0.1) is 26.7 Å². The fourth-order valence-corrected chi connectivity index (χ4v) is 3.58. The summed E-state index contributed by atoms with van der Waals surface area (Å²) in [4.78, 5) is 23.1. The fourth-order valence-electron chi connectivity index (χ4n) is 3.58. The molecule has 5 nitrogen and oxygen atoms in total. The molecular weight excluding hydrogens is 312 g/mol. The average molecular weight is 338 g/mol. The molecule has 25 heavy (non-hydrogen) atoms. The normalized spacial score (nSPS) is 17.4. The molecule has 1 N–H and O–H groups in total. The van der Waals surface area contributed by atoms with Crippen LogP contribution in [-0.2, 0) is 0 Å². The number of rotatable bonds is 3. The highest BCUT2D eigenvalue weighted by atomic mass is 16.2. The number of carbonyl (C=O) groups is 1. The molecule has 2 aromatic rings. The first-order chi connectivity index (χ1) is 11.9. The van der Waals surface area contributed by atoms with Crippen molar-refractivity contribution in [2.75, 3.05) is 18.4 Å². The van der Waals surface area contributed by atoms with Crippen LogP contribution in [0.3, 0.4) is 0 Å². The third-order valence-electron chi connectivity index (χ3n) is 4.76. The van der Waals surface area contributed by atoms with Crippen molar-refractivity contribution in [1.82, 2.24) is 14.9 Å². The Kier molecular flexibility index (Phi) is 5.02. The van der Waals surface area contributed by atoms with Gasteiger partial charge in [-0.3, -0.25) is 4.79 Å². The van der Waals surface area contributed by atoms with Crippen LogP contribution in [0.25, 0.3) is 0 Å². The van der Waals surface area contributed by atoms with Crippen LogP contribution in [0.2, 0.25) is 0 Å². The largest absolute Gasteiger partial charge is 0.340 e. The number of likely N-dealkylation sites (tertiary alicyclic amines) is 1. The predicted molar refractivity (Wildman–Crippen MR) is 100 cm³/mol. The minimum absolute atomic E-state index is 0.00523. The monoisotopic (exact) mass is 338 g/mol. The molecule has 1 atom stereocenters. The average Bonchev–Trinajstić information content (AvgIpc) is 2.57. The summed E-state index contributed by atoms with van der Waals surface area (Å²) >= 11 is 0. The van der Waals surface area contributed by atoms with Crippen molar-refractivity contribution in [2.45, 2.75) is 40.5 Å². The molecule has 0 bridgehead atoms. The second kappa shape index (κ2) is 7.21. The van der Waals surface area contributed by atoms with Crippen molar-refractivity contribution in [3.05, 3.63) is 46.9 Å². The van der Waals surface area contributed by atoms with Crippen molar-refractivity contribution in [1.29, 1.82) is 0 Å². The van der Waals surface area contributed by atoms with Gasteiger partial charge in [0.05, 0.1) is 0 Å². The Morgan fingerprint density at radius 2 is 1.88 bits per heavy atom. The number of amides is 1. The van der Waals surface area contributed by atoms with Gasteiger partial charge in [-0.15, -0.1) is 0 Å². The molecular formula is C20H26N4O. The summed E-state index contributed by atoms with van der Waals surface area (Å²) < 4.78 is 0. The smallest absolute Gasteiger partial charge is 0.272 e. The lowest BCUT2D eigenvalue weighted by molar-refractivity contribution is 0.0677. The van der Waals surface area contributed by atoms with E-state index in [9.17, 15) is 4.79 Å². The zero-order chi connectivity index (χ0) is 18.0. The number of hydrogen-bond acceptors (Lipinski definition) is 4. The van der Waals surface area contributed by atoms with Crippen LogP contribution < -0.4 is 5.32 Å². The van der Waals surface area contributed by atoms with Gasteiger partial charge in [-0.2, -0.15) is 0 Å². The summed E-state index contributed by atoms with van der Waals surface area (Å²) in [5, 5.41) is 3.35. The third kappa shape index (κ3) is 3.98. The number of aromatic nitrogens is 2. The zero-order valence-electron chi connectivity index (χ0n) is 15.5. The van der Waals surface area contributed by atoms with Gasteiger partial charge in [0.1, 0.15) is 17.8 Å². The van der Waals surface area contributed by atoms with E-state index in [2.05, 4.69) is 55.1 Å². The minimum atomic E-state index is -0.00523. The summed E-state index contributed by atoms with van der Waals surface area (Å²) in [6, 6.07) is 6.02. The van der Waals surface area contributed by atoms with Crippen molar-refractivity contribution >= 4 is 17.4 Å². The van der Waals surface area contributed by atoms with Gasteiger partial charge in [0, 0.05) is 24.8 Å². The molecule has 1 fully saturated rings. The molecule has 3 rings (SSSR count). The lowest BCUT2D eigenvalue weighted by atomic mass is 10.00. The molecule has 1 aliphatic rings. The van der Waals surface area contributed by atoms with Gasteiger partial charge in [0.2, 0.25) is 0 Å². The molecule has 1 aromatic carbocycles. The van der Waals surface area contributed by atoms with Gasteiger partial charge >= 0.3 is 0 Å². The van der Waals surface area contributed by atoms with E-state index in [1.54, 1.807) is 6.07 Å². The van der Waals surface area contributed by atoms with Gasteiger partial charge < -0.3 is 10.2 Å². The number of benzene rings is 1. The van der Waals surface area contributed by atoms with Gasteiger partial charge in [-0.1, -0.05) is 24.6 Å². The van der Waals surface area contributed by atoms with Gasteiger partial charge in [0.25, 0.3) is 5.91 Å². The molecule has 2 heterocycles. The SMILES string of the molecule is Cc1cc(C)c(Nc2cc(C(=O)N3CCCC(C)C3)ncn2)c(C)c1. The molecule has 0 radical (unpaired) electrons. The zero-order valence-corrected chi connectivity index (χ0v) is 15.5. The van der Waals surface area contributed by atoms with Crippen molar-refractivity contribution in [3.8, 4) is 0 Å². The number of carbonyl (C=O) groups excluding carboxylic acids is 1. The maximum Gasteiger partial charge on any atom is 0.272 e. The first-order valence-corrected chi connectivity index (χ1v) is 8.90. The van der Waals surface area contributed by atoms with E-state index in [4.69, 9.17) is 0 Å². The Balaban J connectivity index is 1.81. The Morgan fingerprint density at radius 3 is 2.56 bits per heavy atom. The van der Waals surface area contributed by atoms with Crippen LogP contribution in [0.15, 0.2) is 24.5 Å². The Morgan fingerprint density at radius 1 is 1.16 bits per heavy atom. The number of nitrogens with one attached hydrogen (secondary N) is 1. The van der Waals surface area contributed by atoms with Gasteiger partial charge in [-0.25, -0.2) is 9.97 Å². The van der Waals surface area contributed by atoms with Gasteiger partial charge in [-0.05, 0) is 50.7 Å². The molecule has 1 unspecified atom stereocenters. The molecule has 0 spiro atoms. The molecule has 0 saturated carbocycles. The van der Waals surface area contributed by atoms with E-state index >= 15 is 0 Å². The fraction of sp³-hybridized carbons (Fsp3) is 0.450. The summed E-state index contributed by atoms with van der Waals surface area (Å²) in [6.07, 6.45) is 3.71. The summed E-state index contributed by atoms with van der Waals surface area (Å²) in [7, 11) is 0. The topological polar surface area (TPSA) is 58.1 Å². The number of hydrogen-bond donors (Lipinski definition) is 1. The second-order valence-electron chi connectivity index (χ2n) is 7.19. The Hall–Kier alpha value is -2.43. The van der Waals surface area contributed by atoms with Crippen LogP contribution in [0.4, 0.5) is 11.5 Å². The van der Waals surface area contributed by atoms with Gasteiger partial charge in [0.15, 0.2) is 0 Å². The molecule has 1 aromatic heterocycles. The maximum atomic E-state index is 12.7.